The van der Waals surface area contributed by atoms with Crippen LogP contribution in [0.1, 0.15) is 39.7 Å². The van der Waals surface area contributed by atoms with Crippen LogP contribution >= 0.6 is 23.1 Å². The first kappa shape index (κ1) is 18.5. The van der Waals surface area contributed by atoms with Gasteiger partial charge in [0.2, 0.25) is 5.91 Å². The van der Waals surface area contributed by atoms with E-state index in [0.29, 0.717) is 0 Å². The summed E-state index contributed by atoms with van der Waals surface area (Å²) in [5.74, 6) is 0.710. The average Bonchev–Trinajstić information content (AvgIpc) is 3.07. The minimum absolute atomic E-state index is 0.0387. The molecule has 23 heavy (non-hydrogen) atoms. The van der Waals surface area contributed by atoms with E-state index < -0.39 is 6.04 Å². The molecule has 1 aromatic heterocycles. The van der Waals surface area contributed by atoms with Crippen molar-refractivity contribution in [1.29, 1.82) is 0 Å². The Hall–Kier alpha value is -0.850. The number of nitrogens with one attached hydrogen (secondary N) is 1. The third-order valence-electron chi connectivity index (χ3n) is 3.72. The predicted octanol–water partition coefficient (Wildman–Crippen LogP) is 3.26. The molecule has 128 valence electrons. The second-order valence-electron chi connectivity index (χ2n) is 7.16. The largest absolute Gasteiger partial charge is 0.368 e. The highest BCUT2D eigenvalue weighted by Crippen LogP contribution is 2.30. The zero-order valence-electron chi connectivity index (χ0n) is 14.1. The predicted molar refractivity (Wildman–Crippen MR) is 95.8 cm³/mol. The maximum atomic E-state index is 12.7. The molecule has 3 atom stereocenters. The lowest BCUT2D eigenvalue weighted by Gasteiger charge is -2.26. The summed E-state index contributed by atoms with van der Waals surface area (Å²) in [6.45, 7) is 8.31. The molecule has 0 aromatic carbocycles. The van der Waals surface area contributed by atoms with Crippen LogP contribution in [0.25, 0.3) is 0 Å². The van der Waals surface area contributed by atoms with Gasteiger partial charge in [0, 0.05) is 5.75 Å². The van der Waals surface area contributed by atoms with Crippen molar-refractivity contribution in [1.82, 2.24) is 5.32 Å². The summed E-state index contributed by atoms with van der Waals surface area (Å²) in [7, 11) is 0. The molecule has 0 bridgehead atoms. The number of thiophene rings is 1. The highest BCUT2D eigenvalue weighted by Gasteiger charge is 2.36. The Morgan fingerprint density at radius 3 is 2.78 bits per heavy atom. The van der Waals surface area contributed by atoms with E-state index in [2.05, 4.69) is 37.5 Å². The number of carbonyl (C=O) groups is 2. The molecule has 1 N–H and O–H groups in total. The summed E-state index contributed by atoms with van der Waals surface area (Å²) in [6, 6.07) is 1.58. The Balaban J connectivity index is 1.99. The summed E-state index contributed by atoms with van der Waals surface area (Å²) in [5.41, 5.74) is 1.28. The molecule has 1 aliphatic heterocycles. The number of amides is 1. The number of hydrogen-bond donors (Lipinski definition) is 1. The van der Waals surface area contributed by atoms with E-state index in [4.69, 9.17) is 4.74 Å². The molecule has 1 aromatic rings. The minimum atomic E-state index is -0.508. The van der Waals surface area contributed by atoms with Gasteiger partial charge in [-0.25, -0.2) is 0 Å². The summed E-state index contributed by atoms with van der Waals surface area (Å²) in [5, 5.41) is 6.88. The molecular weight excluding hydrogens is 330 g/mol. The second-order valence-corrected chi connectivity index (χ2v) is 9.14. The van der Waals surface area contributed by atoms with Crippen molar-refractivity contribution < 1.29 is 14.3 Å². The molecule has 1 saturated heterocycles. The van der Waals surface area contributed by atoms with Crippen LogP contribution in [0.2, 0.25) is 0 Å². The van der Waals surface area contributed by atoms with Gasteiger partial charge in [-0.2, -0.15) is 11.3 Å². The zero-order chi connectivity index (χ0) is 17.0. The topological polar surface area (TPSA) is 55.4 Å². The molecule has 2 heterocycles. The Kier molecular flexibility index (Phi) is 6.28. The summed E-state index contributed by atoms with van der Waals surface area (Å²) in [6.07, 6.45) is 0.521. The Morgan fingerprint density at radius 1 is 1.52 bits per heavy atom. The average molecular weight is 356 g/mol. The van der Waals surface area contributed by atoms with Gasteiger partial charge in [0.1, 0.15) is 12.6 Å². The first-order valence-corrected chi connectivity index (χ1v) is 9.83. The van der Waals surface area contributed by atoms with Gasteiger partial charge in [0.25, 0.3) is 0 Å². The normalized spacial score (nSPS) is 23.0. The lowest BCUT2D eigenvalue weighted by molar-refractivity contribution is -0.126. The number of thioether (sulfide) groups is 1. The Labute approximate surface area is 146 Å². The van der Waals surface area contributed by atoms with Crippen LogP contribution in [0.4, 0.5) is 0 Å². The third-order valence-corrected chi connectivity index (χ3v) is 5.74. The Morgan fingerprint density at radius 2 is 2.26 bits per heavy atom. The van der Waals surface area contributed by atoms with Gasteiger partial charge in [-0.3, -0.25) is 9.59 Å². The maximum absolute atomic E-state index is 12.7. The summed E-state index contributed by atoms with van der Waals surface area (Å²) < 4.78 is 5.31. The van der Waals surface area contributed by atoms with Crippen molar-refractivity contribution in [2.45, 2.75) is 57.3 Å². The second kappa shape index (κ2) is 7.81. The number of hydrogen-bond acceptors (Lipinski definition) is 5. The first-order chi connectivity index (χ1) is 10.8. The van der Waals surface area contributed by atoms with Gasteiger partial charge in [-0.15, -0.1) is 11.8 Å². The monoisotopic (exact) mass is 355 g/mol. The van der Waals surface area contributed by atoms with Crippen LogP contribution in [0, 0.1) is 5.41 Å². The number of Topliss-reactive ketones (excluding diaryl/α,β-unsaturated/α-hetero) is 1. The van der Waals surface area contributed by atoms with Gasteiger partial charge >= 0.3 is 0 Å². The molecule has 0 aliphatic carbocycles. The molecule has 3 unspecified atom stereocenters. The van der Waals surface area contributed by atoms with Crippen molar-refractivity contribution in [3.63, 3.8) is 0 Å². The SMILES string of the molecule is CC1OCC(=O)C1NC(=O)C(CC(C)(C)C)SCc1ccsc1. The van der Waals surface area contributed by atoms with E-state index in [1.54, 1.807) is 23.1 Å². The third kappa shape index (κ3) is 5.62. The summed E-state index contributed by atoms with van der Waals surface area (Å²) in [4.78, 5) is 24.5. The zero-order valence-corrected chi connectivity index (χ0v) is 15.8. The fourth-order valence-electron chi connectivity index (χ4n) is 2.46. The van der Waals surface area contributed by atoms with Gasteiger partial charge < -0.3 is 10.1 Å². The van der Waals surface area contributed by atoms with Crippen LogP contribution < -0.4 is 5.32 Å². The van der Waals surface area contributed by atoms with Crippen molar-refractivity contribution in [2.24, 2.45) is 5.41 Å². The smallest absolute Gasteiger partial charge is 0.233 e. The minimum Gasteiger partial charge on any atom is -0.368 e. The summed E-state index contributed by atoms with van der Waals surface area (Å²) >= 11 is 3.31. The standard InChI is InChI=1S/C17H25NO3S2/c1-11-15(13(19)8-21-11)18-16(20)14(7-17(2,3)4)23-10-12-5-6-22-9-12/h5-6,9,11,14-15H,7-8,10H2,1-4H3,(H,18,20). The van der Waals surface area contributed by atoms with Crippen LogP contribution in [0.3, 0.4) is 0 Å². The number of ketones is 1. The molecular formula is C17H25NO3S2. The van der Waals surface area contributed by atoms with Gasteiger partial charge in [0.05, 0.1) is 11.4 Å². The van der Waals surface area contributed by atoms with Crippen LogP contribution in [-0.4, -0.2) is 35.7 Å². The van der Waals surface area contributed by atoms with Crippen molar-refractivity contribution in [2.75, 3.05) is 6.61 Å². The molecule has 0 spiro atoms. The van der Waals surface area contributed by atoms with Crippen LogP contribution in [0.5, 0.6) is 0 Å². The van der Waals surface area contributed by atoms with Crippen LogP contribution in [-0.2, 0) is 20.1 Å². The van der Waals surface area contributed by atoms with Gasteiger partial charge in [0.15, 0.2) is 5.78 Å². The fourth-order valence-corrected chi connectivity index (χ4v) is 4.65. The molecule has 1 fully saturated rings. The molecule has 0 radical (unpaired) electrons. The van der Waals surface area contributed by atoms with E-state index in [-0.39, 0.29) is 35.1 Å². The molecule has 4 nitrogen and oxygen atoms in total. The molecule has 1 aliphatic rings. The quantitative estimate of drug-likeness (QED) is 0.851. The highest BCUT2D eigenvalue weighted by atomic mass is 32.2. The lowest BCUT2D eigenvalue weighted by Crippen LogP contribution is -2.47. The van der Waals surface area contributed by atoms with Crippen molar-refractivity contribution in [3.8, 4) is 0 Å². The molecule has 1 amide bonds. The van der Waals surface area contributed by atoms with E-state index in [1.165, 1.54) is 5.56 Å². The lowest BCUT2D eigenvalue weighted by atomic mass is 9.90. The Bertz CT molecular complexity index is 537. The first-order valence-electron chi connectivity index (χ1n) is 7.83. The molecule has 6 heteroatoms. The number of rotatable bonds is 6. The van der Waals surface area contributed by atoms with E-state index in [1.807, 2.05) is 12.3 Å². The van der Waals surface area contributed by atoms with Gasteiger partial charge in [-0.05, 0) is 41.1 Å². The maximum Gasteiger partial charge on any atom is 0.233 e. The number of ether oxygens (including phenoxy) is 1. The van der Waals surface area contributed by atoms with Crippen molar-refractivity contribution >= 4 is 34.8 Å². The molecule has 0 saturated carbocycles. The number of carbonyl (C=O) groups excluding carboxylic acids is 2. The van der Waals surface area contributed by atoms with Crippen molar-refractivity contribution in [3.05, 3.63) is 22.4 Å². The van der Waals surface area contributed by atoms with E-state index >= 15 is 0 Å². The fraction of sp³-hybridized carbons (Fsp3) is 0.647. The molecule has 2 rings (SSSR count). The van der Waals surface area contributed by atoms with Crippen LogP contribution in [0.15, 0.2) is 16.8 Å². The van der Waals surface area contributed by atoms with E-state index in [0.717, 1.165) is 12.2 Å². The van der Waals surface area contributed by atoms with Gasteiger partial charge in [-0.1, -0.05) is 20.8 Å². The van der Waals surface area contributed by atoms with E-state index in [9.17, 15) is 9.59 Å². The highest BCUT2D eigenvalue weighted by molar-refractivity contribution is 7.99.